The molecular weight excluding hydrogens is 488 g/mol. The Bertz CT molecular complexity index is 1350. The summed E-state index contributed by atoms with van der Waals surface area (Å²) >= 11 is 0. The van der Waals surface area contributed by atoms with Gasteiger partial charge in [0.15, 0.2) is 0 Å². The van der Waals surface area contributed by atoms with Crippen LogP contribution in [0.25, 0.3) is 6.08 Å². The fourth-order valence-corrected chi connectivity index (χ4v) is 6.09. The van der Waals surface area contributed by atoms with Gasteiger partial charge in [0.05, 0.1) is 41.8 Å². The summed E-state index contributed by atoms with van der Waals surface area (Å²) in [6, 6.07) is 12.8. The molecule has 1 aliphatic carbocycles. The van der Waals surface area contributed by atoms with Crippen molar-refractivity contribution in [2.45, 2.75) is 32.3 Å². The number of nitro benzene ring substituents is 1. The smallest absolute Gasteiger partial charge is 0.271 e. The van der Waals surface area contributed by atoms with Crippen molar-refractivity contribution in [1.29, 1.82) is 0 Å². The van der Waals surface area contributed by atoms with Gasteiger partial charge in [0.1, 0.15) is 5.75 Å². The zero-order valence-electron chi connectivity index (χ0n) is 21.3. The summed E-state index contributed by atoms with van der Waals surface area (Å²) in [5, 5.41) is 21.4. The lowest BCUT2D eigenvalue weighted by Gasteiger charge is -2.31. The number of non-ortho nitro benzene ring substituents is 1. The highest BCUT2D eigenvalue weighted by Crippen LogP contribution is 2.50. The second kappa shape index (κ2) is 10.5. The highest BCUT2D eigenvalue weighted by Gasteiger charge is 2.57. The van der Waals surface area contributed by atoms with Crippen molar-refractivity contribution >= 4 is 29.3 Å². The first kappa shape index (κ1) is 25.8. The van der Waals surface area contributed by atoms with Crippen LogP contribution in [0.5, 0.6) is 5.75 Å². The number of nitrogens with zero attached hydrogens (tertiary/aromatic N) is 2. The van der Waals surface area contributed by atoms with E-state index in [-0.39, 0.29) is 41.0 Å². The molecule has 2 amide bonds. The van der Waals surface area contributed by atoms with E-state index in [1.165, 1.54) is 18.2 Å². The summed E-state index contributed by atoms with van der Waals surface area (Å²) in [7, 11) is 1.61. The van der Waals surface area contributed by atoms with E-state index in [0.717, 1.165) is 33.6 Å². The van der Waals surface area contributed by atoms with E-state index in [1.54, 1.807) is 25.3 Å². The van der Waals surface area contributed by atoms with Crippen molar-refractivity contribution < 1.29 is 29.1 Å². The summed E-state index contributed by atoms with van der Waals surface area (Å²) in [5.74, 6) is -1.81. The van der Waals surface area contributed by atoms with Crippen LogP contribution in [-0.4, -0.2) is 48.3 Å². The van der Waals surface area contributed by atoms with Crippen LogP contribution in [-0.2, 0) is 19.1 Å². The molecule has 0 unspecified atom stereocenters. The number of aromatic hydroxyl groups is 1. The number of hydrogen-bond donors (Lipinski definition) is 1. The predicted molar refractivity (Wildman–Crippen MR) is 140 cm³/mol. The van der Waals surface area contributed by atoms with Crippen LogP contribution in [0.1, 0.15) is 31.7 Å². The van der Waals surface area contributed by atoms with E-state index < -0.39 is 16.8 Å². The Morgan fingerprint density at radius 3 is 2.71 bits per heavy atom. The molecule has 4 atom stereocenters. The minimum Gasteiger partial charge on any atom is -0.507 e. The van der Waals surface area contributed by atoms with Gasteiger partial charge in [-0.05, 0) is 49.5 Å². The van der Waals surface area contributed by atoms with Crippen molar-refractivity contribution in [1.82, 2.24) is 0 Å². The van der Waals surface area contributed by atoms with Crippen LogP contribution in [0, 0.1) is 27.9 Å². The molecule has 2 heterocycles. The number of anilines is 1. The molecule has 0 spiro atoms. The Hall–Kier alpha value is -3.82. The Morgan fingerprint density at radius 1 is 1.18 bits per heavy atom. The zero-order valence-corrected chi connectivity index (χ0v) is 21.3. The summed E-state index contributed by atoms with van der Waals surface area (Å²) < 4.78 is 11.7. The number of phenols is 1. The highest BCUT2D eigenvalue weighted by atomic mass is 16.6. The Morgan fingerprint density at radius 2 is 1.97 bits per heavy atom. The lowest BCUT2D eigenvalue weighted by atomic mass is 9.69. The number of ether oxygens (including phenoxy) is 2. The molecule has 2 aliphatic heterocycles. The minimum absolute atomic E-state index is 0.173. The summed E-state index contributed by atoms with van der Waals surface area (Å²) in [6.45, 7) is 2.69. The molecule has 0 saturated carbocycles. The first-order valence-corrected chi connectivity index (χ1v) is 12.7. The number of para-hydroxylation sites is 1. The third kappa shape index (κ3) is 4.63. The normalized spacial score (nSPS) is 25.1. The van der Waals surface area contributed by atoms with Crippen molar-refractivity contribution in [3.63, 3.8) is 0 Å². The quantitative estimate of drug-likeness (QED) is 0.234. The van der Waals surface area contributed by atoms with Crippen LogP contribution < -0.4 is 4.90 Å². The van der Waals surface area contributed by atoms with Crippen LogP contribution in [0.3, 0.4) is 0 Å². The number of carbonyl (C=O) groups is 2. The maximum absolute atomic E-state index is 13.6. The fourth-order valence-electron chi connectivity index (χ4n) is 6.09. The molecule has 5 rings (SSSR count). The molecule has 0 bridgehead atoms. The molecule has 2 aromatic rings. The minimum atomic E-state index is -0.569. The Balaban J connectivity index is 1.39. The van der Waals surface area contributed by atoms with E-state index in [0.29, 0.717) is 26.1 Å². The van der Waals surface area contributed by atoms with Gasteiger partial charge in [-0.25, -0.2) is 4.90 Å². The number of carbonyl (C=O) groups excluding carboxylic acids is 2. The predicted octanol–water partition coefficient (Wildman–Crippen LogP) is 4.65. The summed E-state index contributed by atoms with van der Waals surface area (Å²) in [5.41, 5.74) is 3.93. The standard InChI is InChI=1S/C29H30N2O7/c1-17(12-18-6-3-4-9-24(18)32)10-11-25-26-19(15-37-2)13-22-27(23(26)16-38-25)29(34)30(28(22)33)20-7-5-8-21(14-20)31(35)36/h3-9,12,14,22-23,25,27,32H,10-11,13,15-16H2,1-2H3/b17-12+/t22-,23+,25-,27-/m1/s1. The lowest BCUT2D eigenvalue weighted by molar-refractivity contribution is -0.384. The molecule has 0 radical (unpaired) electrons. The number of rotatable bonds is 8. The molecule has 198 valence electrons. The van der Waals surface area contributed by atoms with Crippen LogP contribution in [0.15, 0.2) is 65.3 Å². The number of methoxy groups -OCH3 is 1. The lowest BCUT2D eigenvalue weighted by Crippen LogP contribution is -2.35. The molecule has 2 fully saturated rings. The molecule has 9 nitrogen and oxygen atoms in total. The Kier molecular flexibility index (Phi) is 7.14. The average Bonchev–Trinajstić information content (AvgIpc) is 3.43. The van der Waals surface area contributed by atoms with Crippen LogP contribution in [0.2, 0.25) is 0 Å². The number of benzene rings is 2. The van der Waals surface area contributed by atoms with Gasteiger partial charge in [0, 0.05) is 30.7 Å². The van der Waals surface area contributed by atoms with Crippen LogP contribution >= 0.6 is 0 Å². The van der Waals surface area contributed by atoms with Crippen molar-refractivity contribution in [2.24, 2.45) is 17.8 Å². The van der Waals surface area contributed by atoms with Gasteiger partial charge in [0.2, 0.25) is 11.8 Å². The van der Waals surface area contributed by atoms with Crippen molar-refractivity contribution in [2.75, 3.05) is 25.2 Å². The van der Waals surface area contributed by atoms with Crippen LogP contribution in [0.4, 0.5) is 11.4 Å². The second-order valence-corrected chi connectivity index (χ2v) is 10.1. The average molecular weight is 519 g/mol. The third-order valence-electron chi connectivity index (χ3n) is 7.76. The summed E-state index contributed by atoms with van der Waals surface area (Å²) in [6.07, 6.45) is 3.58. The first-order chi connectivity index (χ1) is 18.3. The maximum Gasteiger partial charge on any atom is 0.271 e. The molecular formula is C29H30N2O7. The SMILES string of the molecule is COCC1=C2[C@@H](CC/C(C)=C/c3ccccc3O)OC[C@@H]2[C@@H]2C(=O)N(c3cccc([N+](=O)[O-])c3)C(=O)[C@@H]2C1. The van der Waals surface area contributed by atoms with Gasteiger partial charge in [-0.3, -0.25) is 19.7 Å². The number of nitro groups is 1. The maximum atomic E-state index is 13.6. The molecule has 1 N–H and O–H groups in total. The molecule has 9 heteroatoms. The van der Waals surface area contributed by atoms with E-state index in [4.69, 9.17) is 9.47 Å². The monoisotopic (exact) mass is 518 g/mol. The van der Waals surface area contributed by atoms with Gasteiger partial charge >= 0.3 is 0 Å². The van der Waals surface area contributed by atoms with Gasteiger partial charge in [0.25, 0.3) is 5.69 Å². The molecule has 3 aliphatic rings. The van der Waals surface area contributed by atoms with Gasteiger partial charge in [-0.1, -0.05) is 35.9 Å². The molecule has 0 aromatic heterocycles. The second-order valence-electron chi connectivity index (χ2n) is 10.1. The fraction of sp³-hybridized carbons (Fsp3) is 0.379. The third-order valence-corrected chi connectivity index (χ3v) is 7.76. The van der Waals surface area contributed by atoms with E-state index >= 15 is 0 Å². The Labute approximate surface area is 220 Å². The number of allylic oxidation sites excluding steroid dienone is 1. The van der Waals surface area contributed by atoms with E-state index in [2.05, 4.69) is 0 Å². The van der Waals surface area contributed by atoms with E-state index in [1.807, 2.05) is 25.1 Å². The topological polar surface area (TPSA) is 119 Å². The van der Waals surface area contributed by atoms with Gasteiger partial charge in [-0.15, -0.1) is 0 Å². The number of amides is 2. The number of fused-ring (bicyclic) bond motifs is 3. The number of imide groups is 1. The van der Waals surface area contributed by atoms with Crippen molar-refractivity contribution in [3.8, 4) is 5.75 Å². The van der Waals surface area contributed by atoms with Gasteiger partial charge < -0.3 is 14.6 Å². The largest absolute Gasteiger partial charge is 0.507 e. The number of phenolic OH excluding ortho intramolecular Hbond substituents is 1. The van der Waals surface area contributed by atoms with Crippen molar-refractivity contribution in [3.05, 3.63) is 80.9 Å². The summed E-state index contributed by atoms with van der Waals surface area (Å²) in [4.78, 5) is 39.0. The zero-order chi connectivity index (χ0) is 27.0. The molecule has 2 aromatic carbocycles. The first-order valence-electron chi connectivity index (χ1n) is 12.7. The van der Waals surface area contributed by atoms with Gasteiger partial charge in [-0.2, -0.15) is 0 Å². The highest BCUT2D eigenvalue weighted by molar-refractivity contribution is 6.22. The number of hydrogen-bond acceptors (Lipinski definition) is 7. The van der Waals surface area contributed by atoms with E-state index in [9.17, 15) is 24.8 Å². The molecule has 38 heavy (non-hydrogen) atoms. The molecule has 2 saturated heterocycles.